The quantitative estimate of drug-likeness (QED) is 0.842. The maximum Gasteiger partial charge on any atom is 0.236 e. The van der Waals surface area contributed by atoms with Crippen LogP contribution in [0, 0.1) is 6.92 Å². The highest BCUT2D eigenvalue weighted by Gasteiger charge is 2.41. The van der Waals surface area contributed by atoms with Crippen LogP contribution in [0.3, 0.4) is 0 Å². The summed E-state index contributed by atoms with van der Waals surface area (Å²) in [4.78, 5) is 26.5. The standard InChI is InChI=1S/C21H28N2O2/c1-13-10-15(21(2)9-8-19(24)22-20(21)25)4-7-18(13)14-11-16-5-6-17(12-14)23(16)3/h4,7,10,14,16-17H,5-6,8-9,11-12H2,1-3H3,(H,22,24,25)/t14?,16?,17?,21-/m1/s1. The molecule has 0 saturated carbocycles. The summed E-state index contributed by atoms with van der Waals surface area (Å²) in [5.74, 6) is 0.322. The van der Waals surface area contributed by atoms with Crippen molar-refractivity contribution in [1.82, 2.24) is 10.2 Å². The summed E-state index contributed by atoms with van der Waals surface area (Å²) in [5.41, 5.74) is 3.18. The molecule has 2 unspecified atom stereocenters. The third-order valence-electron chi connectivity index (χ3n) is 7.05. The number of fused-ring (bicyclic) bond motifs is 2. The lowest BCUT2D eigenvalue weighted by Gasteiger charge is -2.37. The summed E-state index contributed by atoms with van der Waals surface area (Å²) in [6.07, 6.45) is 6.18. The minimum atomic E-state index is -0.594. The molecule has 3 heterocycles. The molecule has 3 fully saturated rings. The molecule has 3 saturated heterocycles. The number of nitrogens with one attached hydrogen (secondary N) is 1. The number of imide groups is 1. The summed E-state index contributed by atoms with van der Waals surface area (Å²) in [5, 5.41) is 2.51. The zero-order valence-electron chi connectivity index (χ0n) is 15.5. The van der Waals surface area contributed by atoms with E-state index < -0.39 is 5.41 Å². The van der Waals surface area contributed by atoms with Crippen molar-refractivity contribution in [3.63, 3.8) is 0 Å². The molecular weight excluding hydrogens is 312 g/mol. The Hall–Kier alpha value is -1.68. The van der Waals surface area contributed by atoms with E-state index >= 15 is 0 Å². The minimum absolute atomic E-state index is 0.155. The predicted molar refractivity (Wildman–Crippen MR) is 97.5 cm³/mol. The largest absolute Gasteiger partial charge is 0.300 e. The van der Waals surface area contributed by atoms with Crippen LogP contribution in [-0.2, 0) is 15.0 Å². The molecule has 2 bridgehead atoms. The van der Waals surface area contributed by atoms with Crippen LogP contribution < -0.4 is 5.32 Å². The van der Waals surface area contributed by atoms with Gasteiger partial charge in [-0.05, 0) is 75.6 Å². The molecular formula is C21H28N2O2. The molecule has 4 rings (SSSR count). The van der Waals surface area contributed by atoms with Gasteiger partial charge in [-0.1, -0.05) is 18.2 Å². The van der Waals surface area contributed by atoms with E-state index in [4.69, 9.17) is 0 Å². The van der Waals surface area contributed by atoms with Crippen LogP contribution in [0.25, 0.3) is 0 Å². The predicted octanol–water partition coefficient (Wildman–Crippen LogP) is 3.03. The molecule has 0 aliphatic carbocycles. The van der Waals surface area contributed by atoms with Gasteiger partial charge in [0.1, 0.15) is 0 Å². The Kier molecular flexibility index (Phi) is 3.99. The van der Waals surface area contributed by atoms with Gasteiger partial charge in [0.25, 0.3) is 0 Å². The van der Waals surface area contributed by atoms with Crippen molar-refractivity contribution in [3.05, 3.63) is 34.9 Å². The van der Waals surface area contributed by atoms with E-state index in [1.165, 1.54) is 36.8 Å². The lowest BCUT2D eigenvalue weighted by Crippen LogP contribution is -2.49. The SMILES string of the molecule is Cc1cc([C@@]2(C)CCC(=O)NC2=O)ccc1C1CC2CCC(C1)N2C. The Balaban J connectivity index is 1.59. The second-order valence-corrected chi connectivity index (χ2v) is 8.50. The van der Waals surface area contributed by atoms with Gasteiger partial charge in [-0.25, -0.2) is 0 Å². The summed E-state index contributed by atoms with van der Waals surface area (Å²) in [7, 11) is 2.28. The summed E-state index contributed by atoms with van der Waals surface area (Å²) in [6.45, 7) is 4.13. The molecule has 0 aromatic heterocycles. The van der Waals surface area contributed by atoms with E-state index in [9.17, 15) is 9.59 Å². The minimum Gasteiger partial charge on any atom is -0.300 e. The van der Waals surface area contributed by atoms with Crippen molar-refractivity contribution in [1.29, 1.82) is 0 Å². The van der Waals surface area contributed by atoms with E-state index in [1.54, 1.807) is 0 Å². The first-order valence-electron chi connectivity index (χ1n) is 9.56. The number of rotatable bonds is 2. The molecule has 0 radical (unpaired) electrons. The highest BCUT2D eigenvalue weighted by molar-refractivity contribution is 6.03. The van der Waals surface area contributed by atoms with E-state index in [0.717, 1.165) is 17.6 Å². The van der Waals surface area contributed by atoms with Crippen LogP contribution in [-0.4, -0.2) is 35.8 Å². The molecule has 134 valence electrons. The molecule has 3 atom stereocenters. The smallest absolute Gasteiger partial charge is 0.236 e. The molecule has 25 heavy (non-hydrogen) atoms. The van der Waals surface area contributed by atoms with Crippen LogP contribution in [0.15, 0.2) is 18.2 Å². The Morgan fingerprint density at radius 3 is 2.44 bits per heavy atom. The Morgan fingerprint density at radius 1 is 1.16 bits per heavy atom. The van der Waals surface area contributed by atoms with Gasteiger partial charge in [0, 0.05) is 18.5 Å². The topological polar surface area (TPSA) is 49.4 Å². The fourth-order valence-corrected chi connectivity index (χ4v) is 5.22. The van der Waals surface area contributed by atoms with Gasteiger partial charge >= 0.3 is 0 Å². The maximum atomic E-state index is 12.4. The van der Waals surface area contributed by atoms with Gasteiger partial charge < -0.3 is 4.90 Å². The number of nitrogens with zero attached hydrogens (tertiary/aromatic N) is 1. The van der Waals surface area contributed by atoms with Crippen molar-refractivity contribution < 1.29 is 9.59 Å². The lowest BCUT2D eigenvalue weighted by molar-refractivity contribution is -0.137. The average Bonchev–Trinajstić information content (AvgIpc) is 2.80. The maximum absolute atomic E-state index is 12.4. The number of aryl methyl sites for hydroxylation is 1. The first kappa shape index (κ1) is 16.8. The fourth-order valence-electron chi connectivity index (χ4n) is 5.22. The van der Waals surface area contributed by atoms with E-state index in [-0.39, 0.29) is 11.8 Å². The molecule has 4 nitrogen and oxygen atoms in total. The van der Waals surface area contributed by atoms with Crippen LogP contribution in [0.5, 0.6) is 0 Å². The van der Waals surface area contributed by atoms with Gasteiger partial charge in [-0.3, -0.25) is 14.9 Å². The number of amides is 2. The van der Waals surface area contributed by atoms with Crippen molar-refractivity contribution >= 4 is 11.8 Å². The first-order valence-corrected chi connectivity index (χ1v) is 9.56. The van der Waals surface area contributed by atoms with E-state index in [0.29, 0.717) is 18.8 Å². The molecule has 3 aliphatic rings. The first-order chi connectivity index (χ1) is 11.9. The number of piperidine rings is 2. The van der Waals surface area contributed by atoms with Crippen LogP contribution >= 0.6 is 0 Å². The van der Waals surface area contributed by atoms with Crippen LogP contribution in [0.2, 0.25) is 0 Å². The number of hydrogen-bond acceptors (Lipinski definition) is 3. The van der Waals surface area contributed by atoms with Gasteiger partial charge in [-0.15, -0.1) is 0 Å². The molecule has 0 spiro atoms. The van der Waals surface area contributed by atoms with Crippen molar-refractivity contribution in [2.24, 2.45) is 0 Å². The Bertz CT molecular complexity index is 715. The molecule has 2 amide bonds. The summed E-state index contributed by atoms with van der Waals surface area (Å²) in [6, 6.07) is 8.02. The second kappa shape index (κ2) is 5.94. The molecule has 1 aromatic carbocycles. The lowest BCUT2D eigenvalue weighted by atomic mass is 9.74. The molecule has 1 N–H and O–H groups in total. The average molecular weight is 340 g/mol. The number of hydrogen-bond donors (Lipinski definition) is 1. The van der Waals surface area contributed by atoms with Gasteiger partial charge in [0.05, 0.1) is 5.41 Å². The van der Waals surface area contributed by atoms with E-state index in [2.05, 4.69) is 42.4 Å². The highest BCUT2D eigenvalue weighted by atomic mass is 16.2. The third kappa shape index (κ3) is 2.71. The second-order valence-electron chi connectivity index (χ2n) is 8.50. The normalized spacial score (nSPS) is 35.7. The van der Waals surface area contributed by atoms with E-state index in [1.807, 2.05) is 6.92 Å². The molecule has 3 aliphatic heterocycles. The third-order valence-corrected chi connectivity index (χ3v) is 7.05. The summed E-state index contributed by atoms with van der Waals surface area (Å²) >= 11 is 0. The van der Waals surface area contributed by atoms with Crippen molar-refractivity contribution in [3.8, 4) is 0 Å². The van der Waals surface area contributed by atoms with Crippen LogP contribution in [0.1, 0.15) is 68.1 Å². The highest BCUT2D eigenvalue weighted by Crippen LogP contribution is 2.43. The fraction of sp³-hybridized carbons (Fsp3) is 0.619. The van der Waals surface area contributed by atoms with Gasteiger partial charge in [0.2, 0.25) is 11.8 Å². The van der Waals surface area contributed by atoms with Gasteiger partial charge in [-0.2, -0.15) is 0 Å². The monoisotopic (exact) mass is 340 g/mol. The Morgan fingerprint density at radius 2 is 1.84 bits per heavy atom. The zero-order valence-corrected chi connectivity index (χ0v) is 15.5. The van der Waals surface area contributed by atoms with Gasteiger partial charge in [0.15, 0.2) is 0 Å². The molecule has 4 heteroatoms. The van der Waals surface area contributed by atoms with Crippen molar-refractivity contribution in [2.75, 3.05) is 7.05 Å². The number of benzene rings is 1. The number of carbonyl (C=O) groups is 2. The van der Waals surface area contributed by atoms with Crippen LogP contribution in [0.4, 0.5) is 0 Å². The van der Waals surface area contributed by atoms with Crippen molar-refractivity contribution in [2.45, 2.75) is 75.8 Å². The Labute approximate surface area is 150 Å². The zero-order chi connectivity index (χ0) is 17.8. The molecule has 1 aromatic rings. The summed E-state index contributed by atoms with van der Waals surface area (Å²) < 4.78 is 0. The number of carbonyl (C=O) groups excluding carboxylic acids is 2.